The number of para-hydroxylation sites is 1. The first-order valence-electron chi connectivity index (χ1n) is 10.1. The van der Waals surface area contributed by atoms with Crippen molar-refractivity contribution in [1.29, 1.82) is 0 Å². The van der Waals surface area contributed by atoms with Gasteiger partial charge >= 0.3 is 6.03 Å². The Labute approximate surface area is 188 Å². The van der Waals surface area contributed by atoms with Crippen LogP contribution in [-0.2, 0) is 6.54 Å². The number of pyridine rings is 1. The van der Waals surface area contributed by atoms with Crippen molar-refractivity contribution >= 4 is 44.6 Å². The lowest BCUT2D eigenvalue weighted by atomic mass is 10.1. The highest BCUT2D eigenvalue weighted by molar-refractivity contribution is 9.10. The van der Waals surface area contributed by atoms with Crippen LogP contribution in [0.2, 0.25) is 0 Å². The molecular weight excluding hydrogens is 460 g/mol. The summed E-state index contributed by atoms with van der Waals surface area (Å²) >= 11 is 3.43. The van der Waals surface area contributed by atoms with Crippen molar-refractivity contribution in [3.05, 3.63) is 70.1 Å². The number of hydrogen-bond acceptors (Lipinski definition) is 5. The third kappa shape index (κ3) is 4.61. The number of fused-ring (bicyclic) bond motifs is 1. The lowest BCUT2D eigenvalue weighted by molar-refractivity contribution is 0.246. The Morgan fingerprint density at radius 3 is 2.74 bits per heavy atom. The van der Waals surface area contributed by atoms with E-state index in [0.29, 0.717) is 42.3 Å². The fraction of sp³-hybridized carbons (Fsp3) is 0.273. The first-order chi connectivity index (χ1) is 15.1. The van der Waals surface area contributed by atoms with E-state index in [2.05, 4.69) is 43.1 Å². The third-order valence-corrected chi connectivity index (χ3v) is 5.94. The number of piperidine rings is 1. The molecule has 8 nitrogen and oxygen atoms in total. The summed E-state index contributed by atoms with van der Waals surface area (Å²) in [7, 11) is 0. The minimum absolute atomic E-state index is 0.0243. The highest BCUT2D eigenvalue weighted by Crippen LogP contribution is 2.22. The Hall–Kier alpha value is -3.20. The van der Waals surface area contributed by atoms with E-state index in [1.165, 1.54) is 0 Å². The summed E-state index contributed by atoms with van der Waals surface area (Å²) in [6, 6.07) is 10.9. The molecule has 0 radical (unpaired) electrons. The zero-order chi connectivity index (χ0) is 21.8. The number of aromatic nitrogens is 3. The average Bonchev–Trinajstić information content (AvgIpc) is 2.78. The fourth-order valence-corrected chi connectivity index (χ4v) is 4.09. The molecule has 0 aliphatic carbocycles. The molecule has 1 aromatic carbocycles. The highest BCUT2D eigenvalue weighted by atomic mass is 79.9. The van der Waals surface area contributed by atoms with Crippen molar-refractivity contribution in [3.8, 4) is 0 Å². The number of allylic oxidation sites excluding steroid dienone is 1. The first-order valence-corrected chi connectivity index (χ1v) is 10.9. The van der Waals surface area contributed by atoms with Crippen LogP contribution in [0.3, 0.4) is 0 Å². The lowest BCUT2D eigenvalue weighted by Gasteiger charge is -2.33. The number of nitrogens with zero attached hydrogens (tertiary/aromatic N) is 4. The summed E-state index contributed by atoms with van der Waals surface area (Å²) in [5, 5.41) is 5.88. The van der Waals surface area contributed by atoms with E-state index in [1.54, 1.807) is 16.8 Å². The van der Waals surface area contributed by atoms with E-state index < -0.39 is 0 Å². The maximum Gasteiger partial charge on any atom is 0.319 e. The topological polar surface area (TPSA) is 92.2 Å². The van der Waals surface area contributed by atoms with Crippen LogP contribution in [0.15, 0.2) is 64.5 Å². The number of rotatable bonds is 5. The Balaban J connectivity index is 1.44. The predicted molar refractivity (Wildman–Crippen MR) is 126 cm³/mol. The van der Waals surface area contributed by atoms with Gasteiger partial charge in [-0.3, -0.25) is 9.36 Å². The van der Waals surface area contributed by atoms with Gasteiger partial charge in [0, 0.05) is 36.3 Å². The van der Waals surface area contributed by atoms with Crippen molar-refractivity contribution in [2.75, 3.05) is 23.3 Å². The number of hydrogen-bond donors (Lipinski definition) is 2. The van der Waals surface area contributed by atoms with E-state index in [9.17, 15) is 9.59 Å². The van der Waals surface area contributed by atoms with Gasteiger partial charge in [-0.25, -0.2) is 14.8 Å². The van der Waals surface area contributed by atoms with Crippen molar-refractivity contribution in [3.63, 3.8) is 0 Å². The van der Waals surface area contributed by atoms with Crippen LogP contribution in [0, 0.1) is 0 Å². The van der Waals surface area contributed by atoms with Crippen LogP contribution < -0.4 is 21.1 Å². The molecule has 2 amide bonds. The third-order valence-electron chi connectivity index (χ3n) is 5.25. The second-order valence-electron chi connectivity index (χ2n) is 7.33. The van der Waals surface area contributed by atoms with Crippen LogP contribution in [0.4, 0.5) is 16.3 Å². The Morgan fingerprint density at radius 2 is 2.00 bits per heavy atom. The van der Waals surface area contributed by atoms with Crippen molar-refractivity contribution in [1.82, 2.24) is 19.9 Å². The van der Waals surface area contributed by atoms with Gasteiger partial charge in [0.05, 0.1) is 5.69 Å². The van der Waals surface area contributed by atoms with Gasteiger partial charge in [-0.15, -0.1) is 6.58 Å². The van der Waals surface area contributed by atoms with Crippen LogP contribution in [0.1, 0.15) is 12.8 Å². The number of halogens is 1. The van der Waals surface area contributed by atoms with Gasteiger partial charge in [0.2, 0.25) is 0 Å². The molecule has 1 aliphatic heterocycles. The molecule has 1 aliphatic rings. The monoisotopic (exact) mass is 482 g/mol. The smallest absolute Gasteiger partial charge is 0.319 e. The fourth-order valence-electron chi connectivity index (χ4n) is 3.71. The minimum atomic E-state index is -0.242. The number of nitrogens with one attached hydrogen (secondary N) is 2. The zero-order valence-electron chi connectivity index (χ0n) is 16.9. The number of amides is 2. The van der Waals surface area contributed by atoms with Crippen molar-refractivity contribution < 1.29 is 4.79 Å². The normalized spacial score (nSPS) is 14.4. The Morgan fingerprint density at radius 1 is 1.23 bits per heavy atom. The summed E-state index contributed by atoms with van der Waals surface area (Å²) in [5.74, 6) is 0.415. The van der Waals surface area contributed by atoms with E-state index in [-0.39, 0.29) is 17.6 Å². The summed E-state index contributed by atoms with van der Waals surface area (Å²) in [6.45, 7) is 5.37. The molecule has 1 saturated heterocycles. The molecular formula is C22H23BrN6O2. The van der Waals surface area contributed by atoms with Crippen LogP contribution in [0.25, 0.3) is 11.2 Å². The number of carbonyl (C=O) groups is 1. The molecule has 2 aromatic heterocycles. The zero-order valence-corrected chi connectivity index (χ0v) is 18.5. The molecule has 1 fully saturated rings. The molecule has 3 heterocycles. The molecule has 4 rings (SSSR count). The summed E-state index contributed by atoms with van der Waals surface area (Å²) in [4.78, 5) is 36.3. The maximum atomic E-state index is 13.1. The molecule has 9 heteroatoms. The number of carbonyl (C=O) groups excluding carboxylic acids is 1. The summed E-state index contributed by atoms with van der Waals surface area (Å²) in [5.41, 5.74) is 1.77. The van der Waals surface area contributed by atoms with Gasteiger partial charge in [0.15, 0.2) is 11.5 Å². The summed E-state index contributed by atoms with van der Waals surface area (Å²) in [6.07, 6.45) is 4.77. The second kappa shape index (κ2) is 9.30. The molecule has 2 N–H and O–H groups in total. The Kier molecular flexibility index (Phi) is 6.31. The SMILES string of the molecule is C=CCn1c(=O)c(N2CCC(NC(=O)Nc3ccccc3Br)CC2)nc2cccnc21. The van der Waals surface area contributed by atoms with Gasteiger partial charge in [0.1, 0.15) is 5.52 Å². The molecule has 3 aromatic rings. The van der Waals surface area contributed by atoms with Gasteiger partial charge in [-0.1, -0.05) is 18.2 Å². The standard InChI is InChI=1S/C22H23BrN6O2/c1-2-12-29-19-18(8-5-11-24-19)26-20(21(29)30)28-13-9-15(10-14-28)25-22(31)27-17-7-4-3-6-16(17)23/h2-8,11,15H,1,9-10,12-14H2,(H2,25,27,31). The van der Waals surface area contributed by atoms with E-state index in [4.69, 9.17) is 0 Å². The highest BCUT2D eigenvalue weighted by Gasteiger charge is 2.24. The molecule has 0 atom stereocenters. The van der Waals surface area contributed by atoms with Gasteiger partial charge in [-0.2, -0.15) is 0 Å². The van der Waals surface area contributed by atoms with Crippen molar-refractivity contribution in [2.24, 2.45) is 0 Å². The quantitative estimate of drug-likeness (QED) is 0.542. The molecule has 0 saturated carbocycles. The van der Waals surface area contributed by atoms with Crippen molar-refractivity contribution in [2.45, 2.75) is 25.4 Å². The minimum Gasteiger partial charge on any atom is -0.352 e. The van der Waals surface area contributed by atoms with E-state index in [0.717, 1.165) is 17.3 Å². The predicted octanol–water partition coefficient (Wildman–Crippen LogP) is 3.53. The molecule has 160 valence electrons. The molecule has 0 unspecified atom stereocenters. The Bertz CT molecular complexity index is 1170. The summed E-state index contributed by atoms with van der Waals surface area (Å²) < 4.78 is 2.42. The average molecular weight is 483 g/mol. The van der Waals surface area contributed by atoms with E-state index >= 15 is 0 Å². The van der Waals surface area contributed by atoms with Gasteiger partial charge < -0.3 is 15.5 Å². The largest absolute Gasteiger partial charge is 0.352 e. The second-order valence-corrected chi connectivity index (χ2v) is 8.18. The maximum absolute atomic E-state index is 13.1. The van der Waals surface area contributed by atoms with Crippen LogP contribution in [-0.4, -0.2) is 39.7 Å². The lowest BCUT2D eigenvalue weighted by Crippen LogP contribution is -2.47. The van der Waals surface area contributed by atoms with Gasteiger partial charge in [0.25, 0.3) is 5.56 Å². The number of urea groups is 1. The molecule has 0 spiro atoms. The van der Waals surface area contributed by atoms with E-state index in [1.807, 2.05) is 41.3 Å². The van der Waals surface area contributed by atoms with Gasteiger partial charge in [-0.05, 0) is 53.0 Å². The van der Waals surface area contributed by atoms with Crippen LogP contribution >= 0.6 is 15.9 Å². The molecule has 0 bridgehead atoms. The number of anilines is 2. The first kappa shape index (κ1) is 21.0. The number of benzene rings is 1. The molecule has 31 heavy (non-hydrogen) atoms. The van der Waals surface area contributed by atoms with Crippen LogP contribution in [0.5, 0.6) is 0 Å².